The van der Waals surface area contributed by atoms with Crippen molar-refractivity contribution in [2.45, 2.75) is 89.2 Å². The van der Waals surface area contributed by atoms with Gasteiger partial charge in [-0.05, 0) is 98.0 Å². The van der Waals surface area contributed by atoms with Crippen molar-refractivity contribution in [1.29, 1.82) is 0 Å². The van der Waals surface area contributed by atoms with E-state index in [4.69, 9.17) is 19.6 Å². The van der Waals surface area contributed by atoms with Crippen LogP contribution in [0.25, 0.3) is 11.0 Å². The normalized spacial score (nSPS) is 27.2. The van der Waals surface area contributed by atoms with Crippen molar-refractivity contribution in [3.05, 3.63) is 121 Å². The standard InChI is InChI=1S/C46H54N4O10/c1-4-24(20-51)45(57)59-35-18-32-41(56)39-34(55)17-29(21-52)58-43(39)40-38-30-12-13-49-44(47)37(30)26(8-7-25-9-10-28(54)16-31(25)33(38)22-53)15-27(46(35,3)60-42(32)40)14-23-6-11-36(48-5-2)50-19-23/h4,6,9-12,16-17,19,26-27,33,35-36,38,48-54,56H,5,7-8,13-15,18,20-22,47H2,1-3H3. The number of rotatable bonds is 9. The molecule has 1 aliphatic carbocycles. The van der Waals surface area contributed by atoms with Gasteiger partial charge in [-0.3, -0.25) is 10.1 Å². The van der Waals surface area contributed by atoms with Gasteiger partial charge in [-0.1, -0.05) is 31.2 Å². The highest BCUT2D eigenvalue weighted by molar-refractivity contribution is 5.92. The topological polar surface area (TPSA) is 229 Å². The molecule has 7 unspecified atom stereocenters. The van der Waals surface area contributed by atoms with Gasteiger partial charge in [0.2, 0.25) is 0 Å². The second-order valence-electron chi connectivity index (χ2n) is 16.5. The molecule has 1 aromatic heterocycles. The zero-order valence-corrected chi connectivity index (χ0v) is 34.1. The number of likely N-dealkylation sites (N-methyl/N-ethyl adjacent to an activating group) is 1. The molecule has 0 spiro atoms. The first-order chi connectivity index (χ1) is 28.9. The third-order valence-corrected chi connectivity index (χ3v) is 13.2. The monoisotopic (exact) mass is 822 g/mol. The number of benzene rings is 2. The first-order valence-electron chi connectivity index (χ1n) is 20.8. The van der Waals surface area contributed by atoms with Crippen LogP contribution < -0.4 is 31.8 Å². The molecular weight excluding hydrogens is 769 g/mol. The van der Waals surface area contributed by atoms with E-state index in [2.05, 4.69) is 28.1 Å². The molecule has 60 heavy (non-hydrogen) atoms. The third-order valence-electron chi connectivity index (χ3n) is 13.2. The van der Waals surface area contributed by atoms with Crippen molar-refractivity contribution >= 4 is 16.9 Å². The van der Waals surface area contributed by atoms with Gasteiger partial charge in [-0.15, -0.1) is 0 Å². The van der Waals surface area contributed by atoms with Gasteiger partial charge in [-0.2, -0.15) is 0 Å². The summed E-state index contributed by atoms with van der Waals surface area (Å²) in [7, 11) is 0. The molecule has 4 bridgehead atoms. The number of phenolic OH excluding ortho intramolecular Hbond substituents is 2. The zero-order chi connectivity index (χ0) is 42.5. The Morgan fingerprint density at radius 1 is 1.18 bits per heavy atom. The second kappa shape index (κ2) is 16.5. The molecule has 3 aromatic rings. The van der Waals surface area contributed by atoms with Crippen LogP contribution in [0.2, 0.25) is 0 Å². The lowest BCUT2D eigenvalue weighted by Crippen LogP contribution is -2.57. The van der Waals surface area contributed by atoms with Gasteiger partial charge < -0.3 is 55.8 Å². The number of ether oxygens (including phenoxy) is 2. The number of carbonyl (C=O) groups excluding carboxylic acids is 1. The average Bonchev–Trinajstić information content (AvgIpc) is 3.28. The lowest BCUT2D eigenvalue weighted by Gasteiger charge is -2.50. The Bertz CT molecular complexity index is 2430. The summed E-state index contributed by atoms with van der Waals surface area (Å²) in [4.78, 5) is 28.0. The summed E-state index contributed by atoms with van der Waals surface area (Å²) < 4.78 is 20.2. The highest BCUT2D eigenvalue weighted by Gasteiger charge is 2.54. The van der Waals surface area contributed by atoms with E-state index in [1.807, 2.05) is 32.2 Å². The predicted octanol–water partition coefficient (Wildman–Crippen LogP) is 3.75. The van der Waals surface area contributed by atoms with Crippen LogP contribution in [0.1, 0.15) is 79.9 Å². The molecule has 0 radical (unpaired) electrons. The maximum absolute atomic E-state index is 14.1. The number of hydrogen-bond donors (Lipinski definition) is 9. The van der Waals surface area contributed by atoms with Gasteiger partial charge in [0.15, 0.2) is 5.43 Å². The summed E-state index contributed by atoms with van der Waals surface area (Å²) in [6.45, 7) is 5.13. The number of fused-ring (bicyclic) bond motifs is 5. The van der Waals surface area contributed by atoms with E-state index in [0.29, 0.717) is 49.2 Å². The average molecular weight is 823 g/mol. The van der Waals surface area contributed by atoms with Gasteiger partial charge in [0.1, 0.15) is 58.1 Å². The number of aromatic hydroxyl groups is 2. The van der Waals surface area contributed by atoms with Crippen LogP contribution in [-0.4, -0.2) is 75.7 Å². The van der Waals surface area contributed by atoms with Gasteiger partial charge >= 0.3 is 5.97 Å². The molecule has 5 aliphatic rings. The summed E-state index contributed by atoms with van der Waals surface area (Å²) >= 11 is 0. The van der Waals surface area contributed by atoms with Crippen molar-refractivity contribution in [2.75, 3.05) is 26.3 Å². The number of aryl methyl sites for hydroxylation is 1. The molecule has 4 aliphatic heterocycles. The molecule has 14 heteroatoms. The van der Waals surface area contributed by atoms with Crippen LogP contribution >= 0.6 is 0 Å². The van der Waals surface area contributed by atoms with E-state index in [-0.39, 0.29) is 57.9 Å². The number of hydrogen-bond acceptors (Lipinski definition) is 14. The fourth-order valence-corrected chi connectivity index (χ4v) is 10.1. The SMILES string of the molecule is CC=C(CO)C(=O)OC1Cc2c3c(c4oc(CO)cc(=O)c4c2O)C2C4=CCNC(N)=C4C(CCc4ccc(O)cc4C2CO)CC(CC2=CNC(NCC)C=C2)C1(C)O3. The molecule has 14 nitrogen and oxygen atoms in total. The number of phenols is 2. The van der Waals surface area contributed by atoms with Crippen molar-refractivity contribution in [3.63, 3.8) is 0 Å². The molecule has 0 saturated carbocycles. The molecule has 10 N–H and O–H groups in total. The lowest BCUT2D eigenvalue weighted by molar-refractivity contribution is -0.166. The maximum atomic E-state index is 14.1. The van der Waals surface area contributed by atoms with E-state index in [0.717, 1.165) is 34.9 Å². The number of aliphatic hydroxyl groups excluding tert-OH is 3. The maximum Gasteiger partial charge on any atom is 0.336 e. The van der Waals surface area contributed by atoms with E-state index in [1.54, 1.807) is 19.1 Å². The van der Waals surface area contributed by atoms with E-state index in [9.17, 15) is 35.1 Å². The van der Waals surface area contributed by atoms with Crippen molar-refractivity contribution in [1.82, 2.24) is 16.0 Å². The molecule has 5 heterocycles. The van der Waals surface area contributed by atoms with Crippen LogP contribution in [0.3, 0.4) is 0 Å². The van der Waals surface area contributed by atoms with Crippen molar-refractivity contribution < 1.29 is 44.2 Å². The highest BCUT2D eigenvalue weighted by Crippen LogP contribution is 2.59. The summed E-state index contributed by atoms with van der Waals surface area (Å²) in [6, 6.07) is 6.31. The van der Waals surface area contributed by atoms with E-state index < -0.39 is 66.4 Å². The largest absolute Gasteiger partial charge is 0.508 e. The Balaban J connectivity index is 1.48. The minimum absolute atomic E-state index is 0.0167. The van der Waals surface area contributed by atoms with Crippen molar-refractivity contribution in [2.24, 2.45) is 17.6 Å². The van der Waals surface area contributed by atoms with Gasteiger partial charge in [0.25, 0.3) is 0 Å². The van der Waals surface area contributed by atoms with Crippen molar-refractivity contribution in [3.8, 4) is 17.2 Å². The van der Waals surface area contributed by atoms with Gasteiger partial charge in [-0.25, -0.2) is 4.79 Å². The van der Waals surface area contributed by atoms with Crippen LogP contribution in [0.15, 0.2) is 92.1 Å². The molecule has 0 amide bonds. The van der Waals surface area contributed by atoms with Crippen LogP contribution in [0.5, 0.6) is 17.2 Å². The highest BCUT2D eigenvalue weighted by atomic mass is 16.6. The Morgan fingerprint density at radius 3 is 2.70 bits per heavy atom. The number of esters is 1. The number of allylic oxidation sites excluding steroid dienone is 5. The Morgan fingerprint density at radius 2 is 2.00 bits per heavy atom. The lowest BCUT2D eigenvalue weighted by atomic mass is 9.65. The molecular formula is C46H54N4O10. The number of carbonyl (C=O) groups is 1. The minimum atomic E-state index is -1.33. The van der Waals surface area contributed by atoms with Crippen LogP contribution in [0, 0.1) is 11.8 Å². The second-order valence-corrected chi connectivity index (χ2v) is 16.5. The molecule has 7 atom stereocenters. The van der Waals surface area contributed by atoms with Gasteiger partial charge in [0.05, 0.1) is 25.0 Å². The molecule has 0 saturated heterocycles. The summed E-state index contributed by atoms with van der Waals surface area (Å²) in [6.07, 6.45) is 10.6. The van der Waals surface area contributed by atoms with Crippen LogP contribution in [0.4, 0.5) is 0 Å². The number of nitrogens with two attached hydrogens (primary N) is 1. The first-order valence-corrected chi connectivity index (χ1v) is 20.8. The first kappa shape index (κ1) is 41.2. The number of aliphatic hydroxyl groups is 3. The molecule has 0 fully saturated rings. The minimum Gasteiger partial charge on any atom is -0.508 e. The Labute approximate surface area is 347 Å². The molecule has 318 valence electrons. The zero-order valence-electron chi connectivity index (χ0n) is 34.1. The quantitative estimate of drug-likeness (QED) is 0.111. The fraction of sp³-hybridized carbons (Fsp3) is 0.435. The third kappa shape index (κ3) is 7.04. The summed E-state index contributed by atoms with van der Waals surface area (Å²) in [5, 5.41) is 65.3. The summed E-state index contributed by atoms with van der Waals surface area (Å²) in [5.74, 6) is -2.76. The Hall–Kier alpha value is -5.54. The van der Waals surface area contributed by atoms with Crippen LogP contribution in [-0.2, 0) is 29.0 Å². The van der Waals surface area contributed by atoms with Gasteiger partial charge in [0, 0.05) is 54.1 Å². The van der Waals surface area contributed by atoms with E-state index >= 15 is 0 Å². The Kier molecular flexibility index (Phi) is 11.3. The molecule has 2 aromatic carbocycles. The predicted molar refractivity (Wildman–Crippen MR) is 224 cm³/mol. The number of nitrogens with one attached hydrogen (secondary N) is 3. The summed E-state index contributed by atoms with van der Waals surface area (Å²) in [5.41, 5.74) is 9.88. The number of dihydropyridines is 2. The van der Waals surface area contributed by atoms with E-state index in [1.165, 1.54) is 6.08 Å². The fourth-order valence-electron chi connectivity index (χ4n) is 10.1. The smallest absolute Gasteiger partial charge is 0.336 e. The molecule has 8 rings (SSSR count).